The maximum Gasteiger partial charge on any atom is 0.260 e. The smallest absolute Gasteiger partial charge is 0.260 e. The molecule has 1 aliphatic carbocycles. The largest absolute Gasteiger partial charge is 0.479 e. The van der Waals surface area contributed by atoms with Gasteiger partial charge in [0.05, 0.1) is 5.02 Å². The van der Waals surface area contributed by atoms with Crippen molar-refractivity contribution in [1.29, 1.82) is 0 Å². The minimum absolute atomic E-state index is 0.114. The fraction of sp³-hybridized carbons (Fsp3) is 0.562. The first-order valence-corrected chi connectivity index (χ1v) is 8.21. The normalized spacial score (nSPS) is 17.3. The van der Waals surface area contributed by atoms with Gasteiger partial charge in [-0.2, -0.15) is 0 Å². The van der Waals surface area contributed by atoms with Gasteiger partial charge in [-0.25, -0.2) is 0 Å². The topological polar surface area (TPSA) is 38.3 Å². The van der Waals surface area contributed by atoms with Crippen LogP contribution in [0.25, 0.3) is 0 Å². The van der Waals surface area contributed by atoms with Crippen LogP contribution < -0.4 is 10.1 Å². The van der Waals surface area contributed by atoms with Crippen molar-refractivity contribution in [3.05, 3.63) is 28.2 Å². The highest BCUT2D eigenvalue weighted by Gasteiger charge is 2.19. The SMILES string of the molecule is C[C@@H](Oc1cc(Cl)ccc1Cl)C(=O)NCC1CCCCC1. The summed E-state index contributed by atoms with van der Waals surface area (Å²) in [4.78, 5) is 12.1. The summed E-state index contributed by atoms with van der Waals surface area (Å²) in [5.74, 6) is 0.922. The molecule has 1 aromatic carbocycles. The number of carbonyl (C=O) groups is 1. The van der Waals surface area contributed by atoms with Crippen molar-refractivity contribution < 1.29 is 9.53 Å². The maximum absolute atomic E-state index is 12.1. The zero-order valence-corrected chi connectivity index (χ0v) is 13.7. The number of benzene rings is 1. The van der Waals surface area contributed by atoms with Gasteiger partial charge in [0, 0.05) is 17.6 Å². The van der Waals surface area contributed by atoms with Crippen molar-refractivity contribution in [2.24, 2.45) is 5.92 Å². The molecule has 2 rings (SSSR count). The summed E-state index contributed by atoms with van der Waals surface area (Å²) < 4.78 is 5.60. The Bertz CT molecular complexity index is 487. The highest BCUT2D eigenvalue weighted by molar-refractivity contribution is 6.34. The highest BCUT2D eigenvalue weighted by atomic mass is 35.5. The summed E-state index contributed by atoms with van der Waals surface area (Å²) in [6.45, 7) is 2.45. The summed E-state index contributed by atoms with van der Waals surface area (Å²) in [6, 6.07) is 4.96. The second kappa shape index (κ2) is 7.90. The quantitative estimate of drug-likeness (QED) is 0.866. The molecule has 3 nitrogen and oxygen atoms in total. The molecule has 0 unspecified atom stereocenters. The van der Waals surface area contributed by atoms with Crippen LogP contribution in [0.5, 0.6) is 5.75 Å². The molecule has 1 aliphatic rings. The van der Waals surface area contributed by atoms with Crippen molar-refractivity contribution >= 4 is 29.1 Å². The van der Waals surface area contributed by atoms with Gasteiger partial charge in [-0.3, -0.25) is 4.79 Å². The third-order valence-corrected chi connectivity index (χ3v) is 4.40. The van der Waals surface area contributed by atoms with E-state index in [1.54, 1.807) is 25.1 Å². The lowest BCUT2D eigenvalue weighted by molar-refractivity contribution is -0.127. The molecule has 5 heteroatoms. The van der Waals surface area contributed by atoms with Crippen LogP contribution in [-0.2, 0) is 4.79 Å². The van der Waals surface area contributed by atoms with Crippen LogP contribution in [0, 0.1) is 5.92 Å². The zero-order chi connectivity index (χ0) is 15.2. The molecule has 1 fully saturated rings. The second-order valence-corrected chi connectivity index (χ2v) is 6.43. The molecule has 1 atom stereocenters. The first-order valence-electron chi connectivity index (χ1n) is 7.45. The standard InChI is InChI=1S/C16H21Cl2NO2/c1-11(21-15-9-13(17)7-8-14(15)18)16(20)19-10-12-5-3-2-4-6-12/h7-9,11-12H,2-6,10H2,1H3,(H,19,20)/t11-/m1/s1. The molecule has 21 heavy (non-hydrogen) atoms. The van der Waals surface area contributed by atoms with Crippen LogP contribution in [0.4, 0.5) is 0 Å². The lowest BCUT2D eigenvalue weighted by atomic mass is 9.89. The zero-order valence-electron chi connectivity index (χ0n) is 12.2. The van der Waals surface area contributed by atoms with Gasteiger partial charge >= 0.3 is 0 Å². The summed E-state index contributed by atoms with van der Waals surface area (Å²) in [6.07, 6.45) is 5.67. The molecule has 0 heterocycles. The van der Waals surface area contributed by atoms with Crippen molar-refractivity contribution in [3.63, 3.8) is 0 Å². The van der Waals surface area contributed by atoms with Gasteiger partial charge in [0.15, 0.2) is 6.10 Å². The van der Waals surface area contributed by atoms with E-state index < -0.39 is 6.10 Å². The second-order valence-electron chi connectivity index (χ2n) is 5.58. The van der Waals surface area contributed by atoms with Gasteiger partial charge in [0.1, 0.15) is 5.75 Å². The summed E-state index contributed by atoms with van der Waals surface area (Å²) in [7, 11) is 0. The fourth-order valence-corrected chi connectivity index (χ4v) is 2.92. The van der Waals surface area contributed by atoms with E-state index >= 15 is 0 Å². The van der Waals surface area contributed by atoms with E-state index in [0.29, 0.717) is 21.7 Å². The Labute approximate surface area is 136 Å². The lowest BCUT2D eigenvalue weighted by Gasteiger charge is -2.23. The van der Waals surface area contributed by atoms with Crippen LogP contribution in [-0.4, -0.2) is 18.6 Å². The van der Waals surface area contributed by atoms with E-state index in [-0.39, 0.29) is 5.91 Å². The molecule has 0 radical (unpaired) electrons. The number of halogens is 2. The van der Waals surface area contributed by atoms with E-state index in [9.17, 15) is 4.79 Å². The van der Waals surface area contributed by atoms with Crippen molar-refractivity contribution in [2.75, 3.05) is 6.54 Å². The van der Waals surface area contributed by atoms with E-state index in [2.05, 4.69) is 5.32 Å². The van der Waals surface area contributed by atoms with Crippen LogP contribution in [0.2, 0.25) is 10.0 Å². The highest BCUT2D eigenvalue weighted by Crippen LogP contribution is 2.28. The van der Waals surface area contributed by atoms with E-state index in [1.165, 1.54) is 32.1 Å². The van der Waals surface area contributed by atoms with E-state index in [0.717, 1.165) is 6.54 Å². The van der Waals surface area contributed by atoms with Gasteiger partial charge in [-0.1, -0.05) is 42.5 Å². The number of nitrogens with one attached hydrogen (secondary N) is 1. The number of amides is 1. The maximum atomic E-state index is 12.1. The Morgan fingerprint density at radius 2 is 2.05 bits per heavy atom. The van der Waals surface area contributed by atoms with Crippen molar-refractivity contribution in [3.8, 4) is 5.75 Å². The van der Waals surface area contributed by atoms with E-state index in [1.807, 2.05) is 0 Å². The molecule has 0 aliphatic heterocycles. The number of hydrogen-bond donors (Lipinski definition) is 1. The van der Waals surface area contributed by atoms with Gasteiger partial charge in [-0.15, -0.1) is 0 Å². The molecular formula is C16H21Cl2NO2. The molecular weight excluding hydrogens is 309 g/mol. The summed E-state index contributed by atoms with van der Waals surface area (Å²) in [5, 5.41) is 3.95. The molecule has 0 spiro atoms. The lowest BCUT2D eigenvalue weighted by Crippen LogP contribution is -2.39. The molecule has 116 valence electrons. The monoisotopic (exact) mass is 329 g/mol. The number of ether oxygens (including phenoxy) is 1. The van der Waals surface area contributed by atoms with Gasteiger partial charge in [0.25, 0.3) is 5.91 Å². The Morgan fingerprint density at radius 1 is 1.33 bits per heavy atom. The van der Waals surface area contributed by atoms with E-state index in [4.69, 9.17) is 27.9 Å². The van der Waals surface area contributed by atoms with Gasteiger partial charge < -0.3 is 10.1 Å². The molecule has 1 N–H and O–H groups in total. The molecule has 1 amide bonds. The molecule has 0 aromatic heterocycles. The minimum atomic E-state index is -0.593. The predicted octanol–water partition coefficient (Wildman–Crippen LogP) is 4.46. The number of carbonyl (C=O) groups excluding carboxylic acids is 1. The molecule has 1 aromatic rings. The number of hydrogen-bond acceptors (Lipinski definition) is 2. The van der Waals surface area contributed by atoms with Gasteiger partial charge in [0.2, 0.25) is 0 Å². The Morgan fingerprint density at radius 3 is 2.76 bits per heavy atom. The first-order chi connectivity index (χ1) is 10.1. The fourth-order valence-electron chi connectivity index (χ4n) is 2.59. The Hall–Kier alpha value is -0.930. The Kier molecular flexibility index (Phi) is 6.19. The Balaban J connectivity index is 1.82. The summed E-state index contributed by atoms with van der Waals surface area (Å²) in [5.41, 5.74) is 0. The average Bonchev–Trinajstić information content (AvgIpc) is 2.49. The first kappa shape index (κ1) is 16.4. The molecule has 1 saturated carbocycles. The van der Waals surface area contributed by atoms with Crippen LogP contribution in [0.1, 0.15) is 39.0 Å². The molecule has 0 saturated heterocycles. The van der Waals surface area contributed by atoms with Crippen molar-refractivity contribution in [1.82, 2.24) is 5.32 Å². The third-order valence-electron chi connectivity index (χ3n) is 3.86. The van der Waals surface area contributed by atoms with Crippen LogP contribution in [0.3, 0.4) is 0 Å². The van der Waals surface area contributed by atoms with Gasteiger partial charge in [-0.05, 0) is 37.8 Å². The number of rotatable bonds is 5. The van der Waals surface area contributed by atoms with Crippen molar-refractivity contribution in [2.45, 2.75) is 45.1 Å². The predicted molar refractivity (Wildman–Crippen MR) is 86.1 cm³/mol. The third kappa shape index (κ3) is 5.08. The summed E-state index contributed by atoms with van der Waals surface area (Å²) >= 11 is 11.9. The molecule has 0 bridgehead atoms. The van der Waals surface area contributed by atoms with Crippen LogP contribution >= 0.6 is 23.2 Å². The van der Waals surface area contributed by atoms with Crippen LogP contribution in [0.15, 0.2) is 18.2 Å². The minimum Gasteiger partial charge on any atom is -0.479 e. The average molecular weight is 330 g/mol.